The fourth-order valence-electron chi connectivity index (χ4n) is 2.86. The molecule has 7 nitrogen and oxygen atoms in total. The third kappa shape index (κ3) is 6.37. The molecule has 0 fully saturated rings. The maximum absolute atomic E-state index is 12.6. The van der Waals surface area contributed by atoms with Crippen LogP contribution < -0.4 is 24.8 Å². The smallest absolute Gasteiger partial charge is 0.267 e. The number of benzene rings is 2. The average molecular weight is 422 g/mol. The number of carbonyl (C=O) groups is 2. The zero-order valence-corrected chi connectivity index (χ0v) is 17.6. The molecule has 0 bridgehead atoms. The monoisotopic (exact) mass is 422 g/mol. The van der Waals surface area contributed by atoms with Gasteiger partial charge in [-0.3, -0.25) is 9.59 Å². The number of rotatable bonds is 9. The molecule has 0 spiro atoms. The third-order valence-electron chi connectivity index (χ3n) is 4.57. The van der Waals surface area contributed by atoms with Crippen LogP contribution in [0.2, 0.25) is 0 Å². The standard InChI is InChI=1S/C24H26N2O5/c1-3-4-13-25-24(28)20(14-18-7-11-21-22(15-18)31-16-30-21)26-23(27)12-8-17-5-9-19(29-2)10-6-17/h5-12,14-15H,3-4,13,16H2,1-2H3,(H,25,28)(H,26,27). The number of methoxy groups -OCH3 is 1. The van der Waals surface area contributed by atoms with Crippen LogP contribution in [0.4, 0.5) is 0 Å². The first-order chi connectivity index (χ1) is 15.1. The van der Waals surface area contributed by atoms with Gasteiger partial charge in [0.05, 0.1) is 7.11 Å². The van der Waals surface area contributed by atoms with Crippen molar-refractivity contribution < 1.29 is 23.8 Å². The highest BCUT2D eigenvalue weighted by atomic mass is 16.7. The Bertz CT molecular complexity index is 980. The van der Waals surface area contributed by atoms with Gasteiger partial charge in [0, 0.05) is 12.6 Å². The highest BCUT2D eigenvalue weighted by Gasteiger charge is 2.15. The minimum atomic E-state index is -0.409. The topological polar surface area (TPSA) is 85.9 Å². The van der Waals surface area contributed by atoms with Crippen LogP contribution in [0.5, 0.6) is 17.2 Å². The summed E-state index contributed by atoms with van der Waals surface area (Å²) in [6.07, 6.45) is 6.48. The molecular weight excluding hydrogens is 396 g/mol. The van der Waals surface area contributed by atoms with E-state index in [1.54, 1.807) is 37.5 Å². The SMILES string of the molecule is CCCCNC(=O)C(=Cc1ccc2c(c1)OCO2)NC(=O)C=Cc1ccc(OC)cc1. The molecule has 0 aliphatic carbocycles. The minimum Gasteiger partial charge on any atom is -0.497 e. The van der Waals surface area contributed by atoms with Gasteiger partial charge < -0.3 is 24.8 Å². The van der Waals surface area contributed by atoms with E-state index >= 15 is 0 Å². The lowest BCUT2D eigenvalue weighted by Crippen LogP contribution is -2.34. The second-order valence-electron chi connectivity index (χ2n) is 6.88. The molecule has 2 amide bonds. The van der Waals surface area contributed by atoms with Gasteiger partial charge in [-0.15, -0.1) is 0 Å². The van der Waals surface area contributed by atoms with Crippen molar-refractivity contribution in [3.8, 4) is 17.2 Å². The third-order valence-corrected chi connectivity index (χ3v) is 4.57. The summed E-state index contributed by atoms with van der Waals surface area (Å²) in [7, 11) is 1.60. The van der Waals surface area contributed by atoms with Crippen LogP contribution >= 0.6 is 0 Å². The van der Waals surface area contributed by atoms with Crippen LogP contribution in [-0.2, 0) is 9.59 Å². The van der Waals surface area contributed by atoms with Crippen LogP contribution in [0, 0.1) is 0 Å². The number of fused-ring (bicyclic) bond motifs is 1. The Balaban J connectivity index is 1.74. The summed E-state index contributed by atoms with van der Waals surface area (Å²) in [5, 5.41) is 5.51. The van der Waals surface area contributed by atoms with Gasteiger partial charge in [-0.25, -0.2) is 0 Å². The zero-order valence-electron chi connectivity index (χ0n) is 17.6. The van der Waals surface area contributed by atoms with E-state index in [4.69, 9.17) is 14.2 Å². The van der Waals surface area contributed by atoms with Crippen molar-refractivity contribution in [1.82, 2.24) is 10.6 Å². The molecule has 0 radical (unpaired) electrons. The summed E-state index contributed by atoms with van der Waals surface area (Å²) in [5.41, 5.74) is 1.70. The lowest BCUT2D eigenvalue weighted by molar-refractivity contribution is -0.121. The molecule has 2 aromatic rings. The minimum absolute atomic E-state index is 0.152. The van der Waals surface area contributed by atoms with Crippen LogP contribution in [0.15, 0.2) is 54.2 Å². The van der Waals surface area contributed by atoms with Crippen molar-refractivity contribution in [3.63, 3.8) is 0 Å². The number of hydrogen-bond donors (Lipinski definition) is 2. The van der Waals surface area contributed by atoms with Crippen molar-refractivity contribution in [2.45, 2.75) is 19.8 Å². The summed E-state index contributed by atoms with van der Waals surface area (Å²) >= 11 is 0. The first kappa shape index (κ1) is 22.0. The Hall–Kier alpha value is -3.74. The lowest BCUT2D eigenvalue weighted by Gasteiger charge is -2.10. The number of amides is 2. The molecule has 1 aliphatic heterocycles. The summed E-state index contributed by atoms with van der Waals surface area (Å²) in [6.45, 7) is 2.74. The molecule has 0 saturated carbocycles. The number of carbonyl (C=O) groups excluding carboxylic acids is 2. The molecule has 7 heteroatoms. The highest BCUT2D eigenvalue weighted by molar-refractivity contribution is 6.04. The van der Waals surface area contributed by atoms with E-state index in [0.717, 1.165) is 24.2 Å². The number of ether oxygens (including phenoxy) is 3. The molecule has 0 unspecified atom stereocenters. The molecule has 0 saturated heterocycles. The normalized spacial score (nSPS) is 12.6. The van der Waals surface area contributed by atoms with Crippen molar-refractivity contribution in [1.29, 1.82) is 0 Å². The van der Waals surface area contributed by atoms with Gasteiger partial charge >= 0.3 is 0 Å². The molecule has 1 aliphatic rings. The number of unbranched alkanes of at least 4 members (excludes halogenated alkanes) is 1. The average Bonchev–Trinajstić information content (AvgIpc) is 3.25. The van der Waals surface area contributed by atoms with Gasteiger partial charge in [0.25, 0.3) is 5.91 Å². The Morgan fingerprint density at radius 3 is 2.55 bits per heavy atom. The van der Waals surface area contributed by atoms with E-state index in [1.165, 1.54) is 6.08 Å². The summed E-state index contributed by atoms with van der Waals surface area (Å²) < 4.78 is 15.8. The van der Waals surface area contributed by atoms with E-state index in [2.05, 4.69) is 10.6 Å². The van der Waals surface area contributed by atoms with Crippen molar-refractivity contribution in [2.75, 3.05) is 20.4 Å². The predicted octanol–water partition coefficient (Wildman–Crippen LogP) is 3.51. The molecular formula is C24H26N2O5. The number of hydrogen-bond acceptors (Lipinski definition) is 5. The van der Waals surface area contributed by atoms with Gasteiger partial charge in [-0.05, 0) is 54.0 Å². The van der Waals surface area contributed by atoms with Gasteiger partial charge in [0.15, 0.2) is 11.5 Å². The quantitative estimate of drug-likeness (QED) is 0.477. The van der Waals surface area contributed by atoms with Gasteiger partial charge in [0.1, 0.15) is 11.4 Å². The second kappa shape index (κ2) is 10.9. The first-order valence-electron chi connectivity index (χ1n) is 10.1. The maximum atomic E-state index is 12.6. The van der Waals surface area contributed by atoms with E-state index < -0.39 is 5.91 Å². The van der Waals surface area contributed by atoms with E-state index in [1.807, 2.05) is 31.2 Å². The van der Waals surface area contributed by atoms with E-state index in [-0.39, 0.29) is 18.4 Å². The second-order valence-corrected chi connectivity index (χ2v) is 6.88. The Labute approximate surface area is 181 Å². The van der Waals surface area contributed by atoms with Crippen molar-refractivity contribution in [2.24, 2.45) is 0 Å². The van der Waals surface area contributed by atoms with Gasteiger partial charge in [0.2, 0.25) is 12.7 Å². The van der Waals surface area contributed by atoms with Crippen LogP contribution in [0.3, 0.4) is 0 Å². The highest BCUT2D eigenvalue weighted by Crippen LogP contribution is 2.33. The fraction of sp³-hybridized carbons (Fsp3) is 0.250. The summed E-state index contributed by atoms with van der Waals surface area (Å²) in [6, 6.07) is 12.6. The van der Waals surface area contributed by atoms with Crippen LogP contribution in [0.25, 0.3) is 12.2 Å². The first-order valence-corrected chi connectivity index (χ1v) is 10.1. The molecule has 0 aromatic heterocycles. The van der Waals surface area contributed by atoms with Crippen LogP contribution in [0.1, 0.15) is 30.9 Å². The molecule has 0 atom stereocenters. The molecule has 162 valence electrons. The molecule has 3 rings (SSSR count). The molecule has 31 heavy (non-hydrogen) atoms. The molecule has 2 aromatic carbocycles. The van der Waals surface area contributed by atoms with Crippen LogP contribution in [-0.4, -0.2) is 32.3 Å². The summed E-state index contributed by atoms with van der Waals surface area (Å²) in [4.78, 5) is 25.1. The molecule has 1 heterocycles. The Morgan fingerprint density at radius 1 is 1.06 bits per heavy atom. The van der Waals surface area contributed by atoms with Crippen molar-refractivity contribution in [3.05, 3.63) is 65.4 Å². The Morgan fingerprint density at radius 2 is 1.81 bits per heavy atom. The maximum Gasteiger partial charge on any atom is 0.267 e. The zero-order chi connectivity index (χ0) is 22.1. The number of nitrogens with one attached hydrogen (secondary N) is 2. The van der Waals surface area contributed by atoms with Gasteiger partial charge in [-0.2, -0.15) is 0 Å². The fourth-order valence-corrected chi connectivity index (χ4v) is 2.86. The largest absolute Gasteiger partial charge is 0.497 e. The Kier molecular flexibility index (Phi) is 7.70. The van der Waals surface area contributed by atoms with Crippen molar-refractivity contribution >= 4 is 24.0 Å². The van der Waals surface area contributed by atoms with E-state index in [9.17, 15) is 9.59 Å². The molecule has 2 N–H and O–H groups in total. The van der Waals surface area contributed by atoms with E-state index in [0.29, 0.717) is 23.6 Å². The predicted molar refractivity (Wildman–Crippen MR) is 119 cm³/mol. The summed E-state index contributed by atoms with van der Waals surface area (Å²) in [5.74, 6) is 1.23. The van der Waals surface area contributed by atoms with Gasteiger partial charge in [-0.1, -0.05) is 31.5 Å². The lowest BCUT2D eigenvalue weighted by atomic mass is 10.1.